The highest BCUT2D eigenvalue weighted by Crippen LogP contribution is 2.35. The van der Waals surface area contributed by atoms with Crippen LogP contribution in [0.2, 0.25) is 0 Å². The van der Waals surface area contributed by atoms with Gasteiger partial charge in [0.2, 0.25) is 0 Å². The molecule has 1 aliphatic heterocycles. The predicted octanol–water partition coefficient (Wildman–Crippen LogP) is 2.48. The summed E-state index contributed by atoms with van der Waals surface area (Å²) in [5.41, 5.74) is 6.03. The van der Waals surface area contributed by atoms with Crippen LogP contribution in [0.25, 0.3) is 0 Å². The highest BCUT2D eigenvalue weighted by molar-refractivity contribution is 4.91. The lowest BCUT2D eigenvalue weighted by atomic mass is 9.78. The second-order valence-corrected chi connectivity index (χ2v) is 6.28. The van der Waals surface area contributed by atoms with Gasteiger partial charge in [0.1, 0.15) is 0 Å². The zero-order chi connectivity index (χ0) is 11.7. The van der Waals surface area contributed by atoms with E-state index in [1.807, 2.05) is 0 Å². The van der Waals surface area contributed by atoms with Crippen molar-refractivity contribution in [1.82, 2.24) is 4.90 Å². The van der Waals surface area contributed by atoms with E-state index < -0.39 is 0 Å². The second-order valence-electron chi connectivity index (χ2n) is 6.28. The minimum absolute atomic E-state index is 0.374. The molecule has 0 bridgehead atoms. The number of hydrogen-bond donors (Lipinski definition) is 1. The Balaban J connectivity index is 1.96. The van der Waals surface area contributed by atoms with Crippen molar-refractivity contribution in [2.75, 3.05) is 13.1 Å². The molecule has 0 spiro atoms. The molecule has 2 rings (SSSR count). The van der Waals surface area contributed by atoms with Crippen LogP contribution < -0.4 is 5.73 Å². The first-order valence-corrected chi connectivity index (χ1v) is 7.09. The van der Waals surface area contributed by atoms with Crippen LogP contribution in [0.1, 0.15) is 46.5 Å². The molecular weight excluding hydrogens is 196 g/mol. The molecule has 1 aliphatic carbocycles. The van der Waals surface area contributed by atoms with Gasteiger partial charge in [0, 0.05) is 18.6 Å². The average Bonchev–Trinajstić information content (AvgIpc) is 2.66. The van der Waals surface area contributed by atoms with Gasteiger partial charge >= 0.3 is 0 Å². The summed E-state index contributed by atoms with van der Waals surface area (Å²) in [6.07, 6.45) is 5.60. The van der Waals surface area contributed by atoms with Gasteiger partial charge in [-0.15, -0.1) is 0 Å². The van der Waals surface area contributed by atoms with E-state index in [9.17, 15) is 0 Å². The molecule has 2 N–H and O–H groups in total. The predicted molar refractivity (Wildman–Crippen MR) is 69.3 cm³/mol. The summed E-state index contributed by atoms with van der Waals surface area (Å²) in [5.74, 6) is 2.51. The average molecular weight is 224 g/mol. The quantitative estimate of drug-likeness (QED) is 0.781. The third-order valence-corrected chi connectivity index (χ3v) is 4.91. The maximum atomic E-state index is 6.03. The molecule has 0 aromatic heterocycles. The summed E-state index contributed by atoms with van der Waals surface area (Å²) < 4.78 is 0. The van der Waals surface area contributed by atoms with Crippen molar-refractivity contribution >= 4 is 0 Å². The molecule has 94 valence electrons. The molecule has 2 fully saturated rings. The zero-order valence-corrected chi connectivity index (χ0v) is 11.2. The number of likely N-dealkylation sites (tertiary alicyclic amines) is 1. The molecule has 2 heteroatoms. The number of nitrogens with two attached hydrogens (primary N) is 1. The van der Waals surface area contributed by atoms with Gasteiger partial charge in [-0.1, -0.05) is 20.3 Å². The Morgan fingerprint density at radius 2 is 1.75 bits per heavy atom. The van der Waals surface area contributed by atoms with Gasteiger partial charge in [-0.05, 0) is 50.5 Å². The third kappa shape index (κ3) is 2.43. The summed E-state index contributed by atoms with van der Waals surface area (Å²) >= 11 is 0. The van der Waals surface area contributed by atoms with E-state index in [0.717, 1.165) is 23.8 Å². The van der Waals surface area contributed by atoms with Crippen molar-refractivity contribution in [2.45, 2.75) is 58.5 Å². The summed E-state index contributed by atoms with van der Waals surface area (Å²) in [5, 5.41) is 0. The van der Waals surface area contributed by atoms with Crippen LogP contribution in [0.4, 0.5) is 0 Å². The van der Waals surface area contributed by atoms with E-state index in [1.165, 1.54) is 38.8 Å². The fourth-order valence-electron chi connectivity index (χ4n) is 3.90. The maximum Gasteiger partial charge on any atom is 0.0147 e. The van der Waals surface area contributed by atoms with E-state index in [0.29, 0.717) is 6.04 Å². The lowest BCUT2D eigenvalue weighted by Gasteiger charge is -2.41. The van der Waals surface area contributed by atoms with Crippen LogP contribution in [-0.4, -0.2) is 30.1 Å². The highest BCUT2D eigenvalue weighted by atomic mass is 15.2. The van der Waals surface area contributed by atoms with Gasteiger partial charge in [-0.2, -0.15) is 0 Å². The first-order valence-electron chi connectivity index (χ1n) is 7.09. The van der Waals surface area contributed by atoms with E-state index >= 15 is 0 Å². The molecule has 0 amide bonds. The Bertz CT molecular complexity index is 217. The summed E-state index contributed by atoms with van der Waals surface area (Å²) in [6.45, 7) is 9.59. The number of nitrogens with zero attached hydrogens (tertiary/aromatic N) is 1. The third-order valence-electron chi connectivity index (χ3n) is 4.91. The molecule has 1 heterocycles. The van der Waals surface area contributed by atoms with Gasteiger partial charge in [0.05, 0.1) is 0 Å². The minimum Gasteiger partial charge on any atom is -0.328 e. The fraction of sp³-hybridized carbons (Fsp3) is 1.00. The monoisotopic (exact) mass is 224 g/mol. The summed E-state index contributed by atoms with van der Waals surface area (Å²) in [7, 11) is 0. The normalized spacial score (nSPS) is 43.5. The van der Waals surface area contributed by atoms with Crippen LogP contribution in [0.15, 0.2) is 0 Å². The molecule has 0 radical (unpaired) electrons. The Morgan fingerprint density at radius 1 is 1.12 bits per heavy atom. The number of hydrogen-bond acceptors (Lipinski definition) is 2. The van der Waals surface area contributed by atoms with Gasteiger partial charge < -0.3 is 5.73 Å². The fourth-order valence-corrected chi connectivity index (χ4v) is 3.90. The molecule has 0 aromatic carbocycles. The lowest BCUT2D eigenvalue weighted by Crippen LogP contribution is -2.45. The van der Waals surface area contributed by atoms with Crippen molar-refractivity contribution < 1.29 is 0 Å². The first kappa shape index (κ1) is 12.4. The Kier molecular flexibility index (Phi) is 3.91. The topological polar surface area (TPSA) is 29.3 Å². The molecule has 2 nitrogen and oxygen atoms in total. The van der Waals surface area contributed by atoms with Crippen LogP contribution in [0.5, 0.6) is 0 Å². The van der Waals surface area contributed by atoms with E-state index in [4.69, 9.17) is 5.73 Å². The van der Waals surface area contributed by atoms with Crippen molar-refractivity contribution in [2.24, 2.45) is 23.5 Å². The van der Waals surface area contributed by atoms with E-state index in [2.05, 4.69) is 25.7 Å². The van der Waals surface area contributed by atoms with Gasteiger partial charge in [0.15, 0.2) is 0 Å². The molecule has 1 saturated heterocycles. The Hall–Kier alpha value is -0.0800. The lowest BCUT2D eigenvalue weighted by molar-refractivity contribution is 0.0859. The Morgan fingerprint density at radius 3 is 2.25 bits per heavy atom. The molecular formula is C14H28N2. The van der Waals surface area contributed by atoms with Crippen LogP contribution in [0, 0.1) is 17.8 Å². The van der Waals surface area contributed by atoms with Crippen LogP contribution >= 0.6 is 0 Å². The maximum absolute atomic E-state index is 6.03. The molecule has 4 atom stereocenters. The highest BCUT2D eigenvalue weighted by Gasteiger charge is 2.36. The van der Waals surface area contributed by atoms with Crippen molar-refractivity contribution in [3.05, 3.63) is 0 Å². The first-order chi connectivity index (χ1) is 7.59. The van der Waals surface area contributed by atoms with Crippen LogP contribution in [-0.2, 0) is 0 Å². The van der Waals surface area contributed by atoms with Crippen molar-refractivity contribution in [3.8, 4) is 0 Å². The SMILES string of the molecule is CC(N)C1CCN(C2C(C)CCCC2C)C1. The molecule has 1 saturated carbocycles. The molecule has 0 aromatic rings. The molecule has 2 aliphatic rings. The smallest absolute Gasteiger partial charge is 0.0147 e. The minimum atomic E-state index is 0.374. The largest absolute Gasteiger partial charge is 0.328 e. The number of rotatable bonds is 2. The van der Waals surface area contributed by atoms with Crippen molar-refractivity contribution in [1.29, 1.82) is 0 Å². The zero-order valence-electron chi connectivity index (χ0n) is 11.2. The van der Waals surface area contributed by atoms with Gasteiger partial charge in [-0.25, -0.2) is 0 Å². The molecule has 16 heavy (non-hydrogen) atoms. The van der Waals surface area contributed by atoms with E-state index in [-0.39, 0.29) is 0 Å². The van der Waals surface area contributed by atoms with Crippen molar-refractivity contribution in [3.63, 3.8) is 0 Å². The van der Waals surface area contributed by atoms with Gasteiger partial charge in [0.25, 0.3) is 0 Å². The second kappa shape index (κ2) is 5.05. The van der Waals surface area contributed by atoms with Gasteiger partial charge in [-0.3, -0.25) is 4.90 Å². The van der Waals surface area contributed by atoms with E-state index in [1.54, 1.807) is 0 Å². The summed E-state index contributed by atoms with van der Waals surface area (Å²) in [6, 6.07) is 1.21. The molecule has 4 unspecified atom stereocenters. The summed E-state index contributed by atoms with van der Waals surface area (Å²) in [4.78, 5) is 2.74. The standard InChI is InChI=1S/C14H28N2/c1-10-5-4-6-11(2)14(10)16-8-7-13(9-16)12(3)15/h10-14H,4-9,15H2,1-3H3. The van der Waals surface area contributed by atoms with Crippen LogP contribution in [0.3, 0.4) is 0 Å². The Labute approximate surface area is 101 Å².